The number of hydrogen-bond donors (Lipinski definition) is 0. The fourth-order valence-corrected chi connectivity index (χ4v) is 2.72. The lowest BCUT2D eigenvalue weighted by Crippen LogP contribution is -2.05. The quantitative estimate of drug-likeness (QED) is 0.788. The first kappa shape index (κ1) is 13.7. The molecular formula is C15H17NO2S. The van der Waals surface area contributed by atoms with Gasteiger partial charge in [-0.2, -0.15) is 0 Å². The van der Waals surface area contributed by atoms with Gasteiger partial charge in [-0.25, -0.2) is 9.78 Å². The minimum atomic E-state index is -0.280. The lowest BCUT2D eigenvalue weighted by Gasteiger charge is -2.06. The summed E-state index contributed by atoms with van der Waals surface area (Å²) in [5.41, 5.74) is 1.49. The maximum Gasteiger partial charge on any atom is 0.338 e. The van der Waals surface area contributed by atoms with Crippen LogP contribution in [-0.4, -0.2) is 17.6 Å². The van der Waals surface area contributed by atoms with E-state index in [-0.39, 0.29) is 5.97 Å². The van der Waals surface area contributed by atoms with E-state index in [2.05, 4.69) is 18.8 Å². The van der Waals surface area contributed by atoms with Crippen molar-refractivity contribution < 1.29 is 9.53 Å². The summed E-state index contributed by atoms with van der Waals surface area (Å²) in [6.07, 6.45) is 1.83. The molecule has 0 N–H and O–H groups in total. The molecule has 1 aromatic heterocycles. The summed E-state index contributed by atoms with van der Waals surface area (Å²) < 4.78 is 5.09. The summed E-state index contributed by atoms with van der Waals surface area (Å²) in [6, 6.07) is 7.50. The van der Waals surface area contributed by atoms with Crippen molar-refractivity contribution in [2.75, 3.05) is 6.61 Å². The van der Waals surface area contributed by atoms with Crippen molar-refractivity contribution in [3.63, 3.8) is 0 Å². The first-order chi connectivity index (χ1) is 9.13. The van der Waals surface area contributed by atoms with Gasteiger partial charge >= 0.3 is 5.97 Å². The molecule has 0 unspecified atom stereocenters. The average molecular weight is 275 g/mol. The summed E-state index contributed by atoms with van der Waals surface area (Å²) in [4.78, 5) is 17.4. The molecule has 0 amide bonds. The number of carbonyl (C=O) groups is 1. The van der Waals surface area contributed by atoms with Gasteiger partial charge in [0, 0.05) is 17.7 Å². The Bertz CT molecular complexity index is 575. The van der Waals surface area contributed by atoms with Gasteiger partial charge < -0.3 is 4.74 Å². The van der Waals surface area contributed by atoms with Crippen LogP contribution < -0.4 is 0 Å². The third-order valence-electron chi connectivity index (χ3n) is 2.71. The van der Waals surface area contributed by atoms with E-state index >= 15 is 0 Å². The monoisotopic (exact) mass is 275 g/mol. The Morgan fingerprint density at radius 2 is 2.11 bits per heavy atom. The van der Waals surface area contributed by atoms with Crippen LogP contribution in [0, 0.1) is 0 Å². The lowest BCUT2D eigenvalue weighted by molar-refractivity contribution is 0.0527. The minimum absolute atomic E-state index is 0.280. The Hall–Kier alpha value is -1.68. The number of hydrogen-bond acceptors (Lipinski definition) is 4. The van der Waals surface area contributed by atoms with E-state index in [4.69, 9.17) is 4.74 Å². The van der Waals surface area contributed by atoms with Crippen molar-refractivity contribution in [2.24, 2.45) is 0 Å². The Morgan fingerprint density at radius 3 is 2.74 bits per heavy atom. The normalized spacial score (nSPS) is 10.7. The SMILES string of the molecule is CCOC(=O)c1ccccc1-c1cnc(C(C)C)s1. The van der Waals surface area contributed by atoms with E-state index in [1.165, 1.54) is 0 Å². The zero-order valence-electron chi connectivity index (χ0n) is 11.3. The summed E-state index contributed by atoms with van der Waals surface area (Å²) in [7, 11) is 0. The van der Waals surface area contributed by atoms with Crippen LogP contribution in [0.3, 0.4) is 0 Å². The molecule has 19 heavy (non-hydrogen) atoms. The van der Waals surface area contributed by atoms with Crippen LogP contribution >= 0.6 is 11.3 Å². The molecule has 0 aliphatic heterocycles. The van der Waals surface area contributed by atoms with E-state index in [1.807, 2.05) is 31.3 Å². The van der Waals surface area contributed by atoms with Crippen LogP contribution in [0.25, 0.3) is 10.4 Å². The summed E-state index contributed by atoms with van der Waals surface area (Å²) >= 11 is 1.62. The predicted octanol–water partition coefficient (Wildman–Crippen LogP) is 4.11. The number of ether oxygens (including phenoxy) is 1. The molecule has 2 aromatic rings. The molecule has 3 nitrogen and oxygen atoms in total. The Kier molecular flexibility index (Phi) is 4.32. The molecule has 0 saturated carbocycles. The molecule has 1 heterocycles. The third kappa shape index (κ3) is 3.01. The molecule has 0 aliphatic rings. The summed E-state index contributed by atoms with van der Waals surface area (Å²) in [5.74, 6) is 0.117. The van der Waals surface area contributed by atoms with Crippen LogP contribution in [0.4, 0.5) is 0 Å². The topological polar surface area (TPSA) is 39.2 Å². The third-order valence-corrected chi connectivity index (χ3v) is 4.04. The van der Waals surface area contributed by atoms with Crippen LogP contribution in [0.1, 0.15) is 42.1 Å². The van der Waals surface area contributed by atoms with E-state index in [9.17, 15) is 4.79 Å². The van der Waals surface area contributed by atoms with Crippen molar-refractivity contribution >= 4 is 17.3 Å². The van der Waals surface area contributed by atoms with E-state index in [0.29, 0.717) is 18.1 Å². The zero-order valence-corrected chi connectivity index (χ0v) is 12.2. The number of esters is 1. The van der Waals surface area contributed by atoms with E-state index < -0.39 is 0 Å². The second-order valence-corrected chi connectivity index (χ2v) is 5.55. The van der Waals surface area contributed by atoms with Gasteiger partial charge in [0.25, 0.3) is 0 Å². The minimum Gasteiger partial charge on any atom is -0.462 e. The molecule has 0 bridgehead atoms. The van der Waals surface area contributed by atoms with Gasteiger partial charge in [0.1, 0.15) is 0 Å². The smallest absolute Gasteiger partial charge is 0.338 e. The first-order valence-corrected chi connectivity index (χ1v) is 7.17. The van der Waals surface area contributed by atoms with Crippen molar-refractivity contribution in [1.29, 1.82) is 0 Å². The Morgan fingerprint density at radius 1 is 1.37 bits per heavy atom. The van der Waals surface area contributed by atoms with Crippen molar-refractivity contribution in [1.82, 2.24) is 4.98 Å². The largest absolute Gasteiger partial charge is 0.462 e. The predicted molar refractivity (Wildman–Crippen MR) is 77.6 cm³/mol. The molecule has 0 saturated heterocycles. The average Bonchev–Trinajstić information content (AvgIpc) is 2.88. The van der Waals surface area contributed by atoms with E-state index in [1.54, 1.807) is 17.4 Å². The Balaban J connectivity index is 2.41. The number of nitrogens with zero attached hydrogens (tertiary/aromatic N) is 1. The molecule has 1 aromatic carbocycles. The molecule has 0 atom stereocenters. The fourth-order valence-electron chi connectivity index (χ4n) is 1.76. The summed E-state index contributed by atoms with van der Waals surface area (Å²) in [6.45, 7) is 6.41. The summed E-state index contributed by atoms with van der Waals surface area (Å²) in [5, 5.41) is 1.08. The van der Waals surface area contributed by atoms with Gasteiger partial charge in [0.05, 0.1) is 22.1 Å². The second kappa shape index (κ2) is 5.97. The van der Waals surface area contributed by atoms with Gasteiger partial charge in [-0.05, 0) is 13.0 Å². The molecule has 0 fully saturated rings. The van der Waals surface area contributed by atoms with Crippen LogP contribution in [0.2, 0.25) is 0 Å². The van der Waals surface area contributed by atoms with Crippen LogP contribution in [-0.2, 0) is 4.74 Å². The number of thiazole rings is 1. The van der Waals surface area contributed by atoms with Crippen molar-refractivity contribution in [3.8, 4) is 10.4 Å². The molecule has 0 spiro atoms. The van der Waals surface area contributed by atoms with Gasteiger partial charge in [0.15, 0.2) is 0 Å². The molecule has 2 rings (SSSR count). The maximum absolute atomic E-state index is 11.9. The van der Waals surface area contributed by atoms with Gasteiger partial charge in [-0.1, -0.05) is 32.0 Å². The lowest BCUT2D eigenvalue weighted by atomic mass is 10.1. The number of aromatic nitrogens is 1. The molecular weight excluding hydrogens is 258 g/mol. The standard InChI is InChI=1S/C15H17NO2S/c1-4-18-15(17)12-8-6-5-7-11(12)13-9-16-14(19-13)10(2)3/h5-10H,4H2,1-3H3. The van der Waals surface area contributed by atoms with E-state index in [0.717, 1.165) is 15.4 Å². The highest BCUT2D eigenvalue weighted by atomic mass is 32.1. The molecule has 0 aliphatic carbocycles. The number of benzene rings is 1. The molecule has 4 heteroatoms. The van der Waals surface area contributed by atoms with Gasteiger partial charge in [0.2, 0.25) is 0 Å². The highest BCUT2D eigenvalue weighted by Gasteiger charge is 2.15. The first-order valence-electron chi connectivity index (χ1n) is 6.35. The van der Waals surface area contributed by atoms with Crippen molar-refractivity contribution in [2.45, 2.75) is 26.7 Å². The van der Waals surface area contributed by atoms with Gasteiger partial charge in [-0.15, -0.1) is 11.3 Å². The number of carbonyl (C=O) groups excluding carboxylic acids is 1. The van der Waals surface area contributed by atoms with Crippen LogP contribution in [0.5, 0.6) is 0 Å². The fraction of sp³-hybridized carbons (Fsp3) is 0.333. The number of rotatable bonds is 4. The zero-order chi connectivity index (χ0) is 13.8. The highest BCUT2D eigenvalue weighted by molar-refractivity contribution is 7.15. The van der Waals surface area contributed by atoms with Crippen molar-refractivity contribution in [3.05, 3.63) is 41.0 Å². The molecule has 100 valence electrons. The van der Waals surface area contributed by atoms with Gasteiger partial charge in [-0.3, -0.25) is 0 Å². The second-order valence-electron chi connectivity index (χ2n) is 4.48. The highest BCUT2D eigenvalue weighted by Crippen LogP contribution is 2.32. The maximum atomic E-state index is 11.9. The van der Waals surface area contributed by atoms with Crippen LogP contribution in [0.15, 0.2) is 30.5 Å². The Labute approximate surface area is 117 Å². The molecule has 0 radical (unpaired) electrons.